The monoisotopic (exact) mass is 280 g/mol. The van der Waals surface area contributed by atoms with Crippen molar-refractivity contribution in [1.29, 1.82) is 0 Å². The minimum absolute atomic E-state index is 0.351. The third kappa shape index (κ3) is 5.08. The Kier molecular flexibility index (Phi) is 6.34. The highest BCUT2D eigenvalue weighted by Gasteiger charge is 2.24. The summed E-state index contributed by atoms with van der Waals surface area (Å²) in [5.74, 6) is 1.70. The average Bonchev–Trinajstić information content (AvgIpc) is 2.46. The lowest BCUT2D eigenvalue weighted by Gasteiger charge is -2.35. The first kappa shape index (κ1) is 15.8. The third-order valence-electron chi connectivity index (χ3n) is 4.78. The lowest BCUT2D eigenvalue weighted by atomic mass is 9.89. The molecule has 0 bridgehead atoms. The molecule has 3 nitrogen and oxygen atoms in total. The number of hydrogen-bond donors (Lipinski definition) is 1. The molecule has 1 N–H and O–H groups in total. The van der Waals surface area contributed by atoms with Gasteiger partial charge in [-0.05, 0) is 44.1 Å². The number of piperidine rings is 1. The molecule has 0 radical (unpaired) electrons. The van der Waals surface area contributed by atoms with E-state index in [2.05, 4.69) is 24.1 Å². The van der Waals surface area contributed by atoms with Gasteiger partial charge in [-0.3, -0.25) is 4.79 Å². The van der Waals surface area contributed by atoms with Gasteiger partial charge in [0, 0.05) is 25.6 Å². The van der Waals surface area contributed by atoms with E-state index in [0.29, 0.717) is 24.3 Å². The Morgan fingerprint density at radius 3 is 2.60 bits per heavy atom. The Balaban J connectivity index is 1.71. The zero-order chi connectivity index (χ0) is 14.4. The van der Waals surface area contributed by atoms with Crippen LogP contribution in [0.25, 0.3) is 0 Å². The molecule has 0 spiro atoms. The lowest BCUT2D eigenvalue weighted by Crippen LogP contribution is -2.49. The van der Waals surface area contributed by atoms with Crippen LogP contribution in [0.4, 0.5) is 0 Å². The number of hydrogen-bond acceptors (Lipinski definition) is 2. The van der Waals surface area contributed by atoms with Crippen molar-refractivity contribution < 1.29 is 4.79 Å². The summed E-state index contributed by atoms with van der Waals surface area (Å²) in [5, 5.41) is 3.74. The van der Waals surface area contributed by atoms with Crippen molar-refractivity contribution in [2.24, 2.45) is 11.8 Å². The van der Waals surface area contributed by atoms with Crippen LogP contribution >= 0.6 is 0 Å². The van der Waals surface area contributed by atoms with Gasteiger partial charge in [0.15, 0.2) is 0 Å². The van der Waals surface area contributed by atoms with Crippen molar-refractivity contribution in [2.45, 2.75) is 71.3 Å². The van der Waals surface area contributed by atoms with E-state index in [4.69, 9.17) is 0 Å². The van der Waals surface area contributed by atoms with Crippen LogP contribution in [-0.4, -0.2) is 36.5 Å². The molecule has 1 saturated carbocycles. The second-order valence-electron chi connectivity index (χ2n) is 7.19. The zero-order valence-electron chi connectivity index (χ0n) is 13.4. The smallest absolute Gasteiger partial charge is 0.222 e. The SMILES string of the molecule is CC(C)CC(=O)N1CCCC(NCC2CCCCC2)C1. The molecule has 2 aliphatic rings. The van der Waals surface area contributed by atoms with Crippen LogP contribution in [0, 0.1) is 11.8 Å². The van der Waals surface area contributed by atoms with Crippen LogP contribution in [0.1, 0.15) is 65.2 Å². The second kappa shape index (κ2) is 8.02. The van der Waals surface area contributed by atoms with E-state index in [1.165, 1.54) is 38.5 Å². The van der Waals surface area contributed by atoms with Gasteiger partial charge in [-0.2, -0.15) is 0 Å². The maximum absolute atomic E-state index is 12.2. The first-order chi connectivity index (χ1) is 9.65. The van der Waals surface area contributed by atoms with Gasteiger partial charge in [0.1, 0.15) is 0 Å². The highest BCUT2D eigenvalue weighted by atomic mass is 16.2. The van der Waals surface area contributed by atoms with Gasteiger partial charge in [0.25, 0.3) is 0 Å². The Morgan fingerprint density at radius 1 is 1.15 bits per heavy atom. The molecule has 20 heavy (non-hydrogen) atoms. The summed E-state index contributed by atoms with van der Waals surface area (Å²) in [6, 6.07) is 0.529. The van der Waals surface area contributed by atoms with Crippen LogP contribution in [0.15, 0.2) is 0 Å². The van der Waals surface area contributed by atoms with E-state index in [1.807, 2.05) is 0 Å². The predicted molar refractivity (Wildman–Crippen MR) is 83.6 cm³/mol. The van der Waals surface area contributed by atoms with Crippen LogP contribution < -0.4 is 5.32 Å². The summed E-state index contributed by atoms with van der Waals surface area (Å²) in [4.78, 5) is 14.2. The number of amides is 1. The summed E-state index contributed by atoms with van der Waals surface area (Å²) in [5.41, 5.74) is 0. The Labute approximate surface area is 124 Å². The summed E-state index contributed by atoms with van der Waals surface area (Å²) < 4.78 is 0. The van der Waals surface area contributed by atoms with Crippen molar-refractivity contribution >= 4 is 5.91 Å². The van der Waals surface area contributed by atoms with Crippen molar-refractivity contribution in [3.05, 3.63) is 0 Å². The average molecular weight is 280 g/mol. The number of rotatable bonds is 5. The van der Waals surface area contributed by atoms with Crippen LogP contribution in [0.2, 0.25) is 0 Å². The molecule has 2 rings (SSSR count). The molecule has 1 aliphatic heterocycles. The fourth-order valence-electron chi connectivity index (χ4n) is 3.57. The minimum atomic E-state index is 0.351. The molecule has 1 amide bonds. The maximum Gasteiger partial charge on any atom is 0.222 e. The topological polar surface area (TPSA) is 32.3 Å². The standard InChI is InChI=1S/C17H32N2O/c1-14(2)11-17(20)19-10-6-9-16(13-19)18-12-15-7-4-3-5-8-15/h14-16,18H,3-13H2,1-2H3. The van der Waals surface area contributed by atoms with E-state index in [1.54, 1.807) is 0 Å². The fourth-order valence-corrected chi connectivity index (χ4v) is 3.57. The first-order valence-corrected chi connectivity index (χ1v) is 8.66. The molecule has 3 heteroatoms. The summed E-state index contributed by atoms with van der Waals surface area (Å²) in [6.07, 6.45) is 10.1. The van der Waals surface area contributed by atoms with Crippen molar-refractivity contribution in [3.63, 3.8) is 0 Å². The number of likely N-dealkylation sites (tertiary alicyclic amines) is 1. The lowest BCUT2D eigenvalue weighted by molar-refractivity contribution is -0.133. The molecule has 1 heterocycles. The van der Waals surface area contributed by atoms with Crippen LogP contribution in [0.5, 0.6) is 0 Å². The molecule has 116 valence electrons. The van der Waals surface area contributed by atoms with Crippen LogP contribution in [0.3, 0.4) is 0 Å². The van der Waals surface area contributed by atoms with Gasteiger partial charge in [0.05, 0.1) is 0 Å². The highest BCUT2D eigenvalue weighted by Crippen LogP contribution is 2.23. The highest BCUT2D eigenvalue weighted by molar-refractivity contribution is 5.76. The van der Waals surface area contributed by atoms with Crippen LogP contribution in [-0.2, 0) is 4.79 Å². The number of nitrogens with zero attached hydrogens (tertiary/aromatic N) is 1. The molecule has 0 aromatic rings. The molecular weight excluding hydrogens is 248 g/mol. The Hall–Kier alpha value is -0.570. The van der Waals surface area contributed by atoms with E-state index >= 15 is 0 Å². The van der Waals surface area contributed by atoms with E-state index in [0.717, 1.165) is 32.0 Å². The summed E-state index contributed by atoms with van der Waals surface area (Å²) >= 11 is 0. The number of carbonyl (C=O) groups is 1. The van der Waals surface area contributed by atoms with Gasteiger partial charge < -0.3 is 10.2 Å². The van der Waals surface area contributed by atoms with E-state index in [9.17, 15) is 4.79 Å². The molecule has 2 fully saturated rings. The van der Waals surface area contributed by atoms with E-state index in [-0.39, 0.29) is 0 Å². The Bertz CT molecular complexity index is 297. The first-order valence-electron chi connectivity index (χ1n) is 8.66. The fraction of sp³-hybridized carbons (Fsp3) is 0.941. The minimum Gasteiger partial charge on any atom is -0.341 e. The number of carbonyl (C=O) groups excluding carboxylic acids is 1. The largest absolute Gasteiger partial charge is 0.341 e. The maximum atomic E-state index is 12.2. The third-order valence-corrected chi connectivity index (χ3v) is 4.78. The number of nitrogens with one attached hydrogen (secondary N) is 1. The molecule has 0 aromatic carbocycles. The Morgan fingerprint density at radius 2 is 1.90 bits per heavy atom. The quantitative estimate of drug-likeness (QED) is 0.839. The van der Waals surface area contributed by atoms with Gasteiger partial charge in [-0.15, -0.1) is 0 Å². The molecule has 1 unspecified atom stereocenters. The molecule has 1 atom stereocenters. The predicted octanol–water partition coefficient (Wildman–Crippen LogP) is 3.19. The molecular formula is C17H32N2O. The van der Waals surface area contributed by atoms with Crippen molar-refractivity contribution in [1.82, 2.24) is 10.2 Å². The molecule has 1 aliphatic carbocycles. The summed E-state index contributed by atoms with van der Waals surface area (Å²) in [6.45, 7) is 7.31. The van der Waals surface area contributed by atoms with Gasteiger partial charge in [-0.1, -0.05) is 33.1 Å². The second-order valence-corrected chi connectivity index (χ2v) is 7.19. The van der Waals surface area contributed by atoms with Crippen molar-refractivity contribution in [2.75, 3.05) is 19.6 Å². The van der Waals surface area contributed by atoms with Gasteiger partial charge in [-0.25, -0.2) is 0 Å². The van der Waals surface area contributed by atoms with Gasteiger partial charge in [0.2, 0.25) is 5.91 Å². The van der Waals surface area contributed by atoms with E-state index < -0.39 is 0 Å². The van der Waals surface area contributed by atoms with Gasteiger partial charge >= 0.3 is 0 Å². The summed E-state index contributed by atoms with van der Waals surface area (Å²) in [7, 11) is 0. The molecule has 0 aromatic heterocycles. The molecule has 1 saturated heterocycles. The normalized spacial score (nSPS) is 25.1. The van der Waals surface area contributed by atoms with Crippen molar-refractivity contribution in [3.8, 4) is 0 Å². The zero-order valence-corrected chi connectivity index (χ0v) is 13.4.